The largest absolute Gasteiger partial charge is 0.370 e. The second kappa shape index (κ2) is 5.26. The molecule has 0 radical (unpaired) electrons. The fraction of sp³-hybridized carbons (Fsp3) is 0.647. The molecule has 1 aromatic rings. The first kappa shape index (κ1) is 13.1. The number of hydrogen-bond acceptors (Lipinski definition) is 2. The molecule has 0 bridgehead atoms. The van der Waals surface area contributed by atoms with E-state index in [1.165, 1.54) is 36.8 Å². The van der Waals surface area contributed by atoms with Crippen LogP contribution in [-0.2, 0) is 4.74 Å². The Bertz CT molecular complexity index is 407. The second-order valence-corrected chi connectivity index (χ2v) is 6.49. The third kappa shape index (κ3) is 2.70. The van der Waals surface area contributed by atoms with Gasteiger partial charge in [0.15, 0.2) is 0 Å². The molecular weight excluding hydrogens is 234 g/mol. The molecule has 1 saturated carbocycles. The zero-order valence-corrected chi connectivity index (χ0v) is 12.1. The van der Waals surface area contributed by atoms with E-state index in [0.717, 1.165) is 13.2 Å². The Morgan fingerprint density at radius 1 is 1.16 bits per heavy atom. The van der Waals surface area contributed by atoms with E-state index in [1.807, 2.05) is 0 Å². The molecule has 1 aliphatic heterocycles. The van der Waals surface area contributed by atoms with Crippen LogP contribution in [0.5, 0.6) is 0 Å². The summed E-state index contributed by atoms with van der Waals surface area (Å²) in [5.41, 5.74) is 3.01. The fourth-order valence-corrected chi connectivity index (χ4v) is 3.36. The van der Waals surface area contributed by atoms with Gasteiger partial charge in [-0.3, -0.25) is 0 Å². The molecule has 1 aromatic carbocycles. The fourth-order valence-electron chi connectivity index (χ4n) is 3.36. The van der Waals surface area contributed by atoms with Crippen molar-refractivity contribution >= 4 is 0 Å². The van der Waals surface area contributed by atoms with Crippen LogP contribution in [0.25, 0.3) is 0 Å². The van der Waals surface area contributed by atoms with Gasteiger partial charge in [-0.25, -0.2) is 0 Å². The summed E-state index contributed by atoms with van der Waals surface area (Å²) in [6.07, 6.45) is 5.50. The van der Waals surface area contributed by atoms with Crippen molar-refractivity contribution in [1.29, 1.82) is 0 Å². The standard InChI is InChI=1S/C17H25NO/c1-13(2)14-5-7-15(8-6-14)16-11-18-17(12-19-16)9-3-4-10-17/h5-8,13,16,18H,3-4,9-12H2,1-2H3. The summed E-state index contributed by atoms with van der Waals surface area (Å²) < 4.78 is 6.14. The Hall–Kier alpha value is -0.860. The van der Waals surface area contributed by atoms with Gasteiger partial charge in [0.1, 0.15) is 0 Å². The van der Waals surface area contributed by atoms with Crippen LogP contribution in [0.4, 0.5) is 0 Å². The molecule has 1 saturated heterocycles. The third-order valence-corrected chi connectivity index (χ3v) is 4.76. The summed E-state index contributed by atoms with van der Waals surface area (Å²) in [7, 11) is 0. The molecule has 1 heterocycles. The average Bonchev–Trinajstić information content (AvgIpc) is 2.88. The third-order valence-electron chi connectivity index (χ3n) is 4.76. The molecule has 3 rings (SSSR count). The van der Waals surface area contributed by atoms with Crippen LogP contribution in [-0.4, -0.2) is 18.7 Å². The molecule has 1 unspecified atom stereocenters. The van der Waals surface area contributed by atoms with Crippen molar-refractivity contribution in [3.05, 3.63) is 35.4 Å². The second-order valence-electron chi connectivity index (χ2n) is 6.49. The van der Waals surface area contributed by atoms with Gasteiger partial charge < -0.3 is 10.1 Å². The van der Waals surface area contributed by atoms with E-state index in [0.29, 0.717) is 11.5 Å². The average molecular weight is 259 g/mol. The molecule has 2 nitrogen and oxygen atoms in total. The van der Waals surface area contributed by atoms with Crippen LogP contribution < -0.4 is 5.32 Å². The van der Waals surface area contributed by atoms with Gasteiger partial charge in [0, 0.05) is 12.1 Å². The Labute approximate surface area is 116 Å². The first-order valence-electron chi connectivity index (χ1n) is 7.65. The molecule has 1 N–H and O–H groups in total. The smallest absolute Gasteiger partial charge is 0.0950 e. The van der Waals surface area contributed by atoms with Gasteiger partial charge >= 0.3 is 0 Å². The first-order chi connectivity index (χ1) is 9.19. The van der Waals surface area contributed by atoms with Crippen LogP contribution in [0.1, 0.15) is 62.7 Å². The highest BCUT2D eigenvalue weighted by molar-refractivity contribution is 5.26. The summed E-state index contributed by atoms with van der Waals surface area (Å²) in [6.45, 7) is 6.31. The highest BCUT2D eigenvalue weighted by Crippen LogP contribution is 2.35. The van der Waals surface area contributed by atoms with E-state index >= 15 is 0 Å². The van der Waals surface area contributed by atoms with Crippen LogP contribution in [0, 0.1) is 0 Å². The van der Waals surface area contributed by atoms with Gasteiger partial charge in [-0.2, -0.15) is 0 Å². The molecule has 0 aromatic heterocycles. The van der Waals surface area contributed by atoms with Crippen molar-refractivity contribution in [1.82, 2.24) is 5.32 Å². The number of hydrogen-bond donors (Lipinski definition) is 1. The summed E-state index contributed by atoms with van der Waals surface area (Å²) in [5, 5.41) is 3.76. The number of rotatable bonds is 2. The van der Waals surface area contributed by atoms with Gasteiger partial charge in [-0.05, 0) is 29.9 Å². The quantitative estimate of drug-likeness (QED) is 0.872. The van der Waals surface area contributed by atoms with Crippen molar-refractivity contribution in [2.24, 2.45) is 0 Å². The first-order valence-corrected chi connectivity index (χ1v) is 7.65. The number of ether oxygens (including phenoxy) is 1. The Morgan fingerprint density at radius 3 is 2.37 bits per heavy atom. The van der Waals surface area contributed by atoms with E-state index < -0.39 is 0 Å². The lowest BCUT2D eigenvalue weighted by Gasteiger charge is -2.38. The number of morpholine rings is 1. The van der Waals surface area contributed by atoms with Crippen molar-refractivity contribution in [2.45, 2.75) is 57.1 Å². The predicted molar refractivity (Wildman–Crippen MR) is 78.4 cm³/mol. The van der Waals surface area contributed by atoms with E-state index in [4.69, 9.17) is 4.74 Å². The minimum absolute atomic E-state index is 0.229. The topological polar surface area (TPSA) is 21.3 Å². The molecule has 2 fully saturated rings. The highest BCUT2D eigenvalue weighted by atomic mass is 16.5. The van der Waals surface area contributed by atoms with Gasteiger partial charge in [0.25, 0.3) is 0 Å². The number of nitrogens with one attached hydrogen (secondary N) is 1. The normalized spacial score (nSPS) is 26.2. The maximum absolute atomic E-state index is 6.14. The van der Waals surface area contributed by atoms with Crippen LogP contribution in [0.3, 0.4) is 0 Å². The molecule has 1 atom stereocenters. The minimum Gasteiger partial charge on any atom is -0.370 e. The monoisotopic (exact) mass is 259 g/mol. The van der Waals surface area contributed by atoms with Crippen LogP contribution in [0.15, 0.2) is 24.3 Å². The molecular formula is C17H25NO. The Kier molecular flexibility index (Phi) is 3.64. The predicted octanol–water partition coefficient (Wildman–Crippen LogP) is 3.78. The van der Waals surface area contributed by atoms with Gasteiger partial charge in [-0.15, -0.1) is 0 Å². The zero-order chi connectivity index (χ0) is 13.3. The molecule has 2 heteroatoms. The van der Waals surface area contributed by atoms with E-state index in [2.05, 4.69) is 43.4 Å². The van der Waals surface area contributed by atoms with E-state index in [1.54, 1.807) is 0 Å². The zero-order valence-electron chi connectivity index (χ0n) is 12.1. The molecule has 1 spiro atoms. The SMILES string of the molecule is CC(C)c1ccc(C2CNC3(CCCC3)CO2)cc1. The van der Waals surface area contributed by atoms with E-state index in [9.17, 15) is 0 Å². The van der Waals surface area contributed by atoms with Crippen molar-refractivity contribution in [3.8, 4) is 0 Å². The summed E-state index contributed by atoms with van der Waals surface area (Å²) in [4.78, 5) is 0. The molecule has 0 amide bonds. The maximum atomic E-state index is 6.14. The van der Waals surface area contributed by atoms with Gasteiger partial charge in [-0.1, -0.05) is 51.0 Å². The van der Waals surface area contributed by atoms with Crippen LogP contribution in [0.2, 0.25) is 0 Å². The lowest BCUT2D eigenvalue weighted by molar-refractivity contribution is -0.0326. The summed E-state index contributed by atoms with van der Waals surface area (Å²) in [6, 6.07) is 8.94. The lowest BCUT2D eigenvalue weighted by atomic mass is 9.94. The van der Waals surface area contributed by atoms with Crippen molar-refractivity contribution < 1.29 is 4.74 Å². The Morgan fingerprint density at radius 2 is 1.84 bits per heavy atom. The van der Waals surface area contributed by atoms with E-state index in [-0.39, 0.29) is 6.10 Å². The highest BCUT2D eigenvalue weighted by Gasteiger charge is 2.38. The summed E-state index contributed by atoms with van der Waals surface area (Å²) >= 11 is 0. The maximum Gasteiger partial charge on any atom is 0.0950 e. The number of benzene rings is 1. The van der Waals surface area contributed by atoms with Gasteiger partial charge in [0.05, 0.1) is 12.7 Å². The molecule has 1 aliphatic carbocycles. The Balaban J connectivity index is 1.64. The molecule has 104 valence electrons. The molecule has 19 heavy (non-hydrogen) atoms. The summed E-state index contributed by atoms with van der Waals surface area (Å²) in [5.74, 6) is 0.598. The lowest BCUT2D eigenvalue weighted by Crippen LogP contribution is -2.53. The molecule has 2 aliphatic rings. The van der Waals surface area contributed by atoms with Crippen molar-refractivity contribution in [2.75, 3.05) is 13.2 Å². The van der Waals surface area contributed by atoms with Gasteiger partial charge in [0.2, 0.25) is 0 Å². The minimum atomic E-state index is 0.229. The van der Waals surface area contributed by atoms with Crippen molar-refractivity contribution in [3.63, 3.8) is 0 Å². The van der Waals surface area contributed by atoms with Crippen LogP contribution >= 0.6 is 0 Å².